The van der Waals surface area contributed by atoms with E-state index in [1.807, 2.05) is 20.8 Å². The van der Waals surface area contributed by atoms with Gasteiger partial charge in [-0.05, 0) is 18.6 Å². The monoisotopic (exact) mass is 233 g/mol. The molecule has 2 rings (SSSR count). The molecule has 0 aliphatic carbocycles. The predicted octanol–water partition coefficient (Wildman–Crippen LogP) is 3.27. The molecule has 0 amide bonds. The average molecular weight is 233 g/mol. The number of rotatable bonds is 0. The van der Waals surface area contributed by atoms with E-state index in [2.05, 4.69) is 4.98 Å². The average Bonchev–Trinajstić information content (AvgIpc) is 2.22. The summed E-state index contributed by atoms with van der Waals surface area (Å²) in [6.45, 7) is 7.64. The highest BCUT2D eigenvalue weighted by Gasteiger charge is 2.17. The van der Waals surface area contributed by atoms with E-state index in [0.717, 1.165) is 5.69 Å². The molecule has 3 heteroatoms. The first kappa shape index (κ1) is 11.8. The second-order valence-corrected chi connectivity index (χ2v) is 5.42. The summed E-state index contributed by atoms with van der Waals surface area (Å²) in [7, 11) is 0. The van der Waals surface area contributed by atoms with Gasteiger partial charge < -0.3 is 4.98 Å². The van der Waals surface area contributed by atoms with Crippen molar-refractivity contribution in [1.29, 1.82) is 0 Å². The maximum atomic E-state index is 14.0. The first-order chi connectivity index (χ1) is 7.80. The van der Waals surface area contributed by atoms with Gasteiger partial charge in [-0.2, -0.15) is 0 Å². The molecule has 17 heavy (non-hydrogen) atoms. The molecule has 1 heterocycles. The number of nitrogens with one attached hydrogen (secondary N) is 1. The van der Waals surface area contributed by atoms with Crippen LogP contribution in [0.25, 0.3) is 10.9 Å². The van der Waals surface area contributed by atoms with E-state index in [9.17, 15) is 9.18 Å². The van der Waals surface area contributed by atoms with E-state index in [1.54, 1.807) is 25.1 Å². The van der Waals surface area contributed by atoms with E-state index in [1.165, 1.54) is 0 Å². The van der Waals surface area contributed by atoms with Gasteiger partial charge in [0, 0.05) is 22.6 Å². The molecular formula is C14H16FNO. The molecule has 0 radical (unpaired) electrons. The lowest BCUT2D eigenvalue weighted by atomic mass is 9.91. The fourth-order valence-electron chi connectivity index (χ4n) is 1.79. The van der Waals surface area contributed by atoms with Crippen molar-refractivity contribution in [2.75, 3.05) is 0 Å². The summed E-state index contributed by atoms with van der Waals surface area (Å²) in [5.74, 6) is -0.342. The van der Waals surface area contributed by atoms with Crippen molar-refractivity contribution < 1.29 is 4.39 Å². The molecule has 0 fully saturated rings. The van der Waals surface area contributed by atoms with Crippen LogP contribution in [-0.4, -0.2) is 4.98 Å². The molecule has 0 saturated carbocycles. The van der Waals surface area contributed by atoms with E-state index in [0.29, 0.717) is 16.5 Å². The van der Waals surface area contributed by atoms with Crippen LogP contribution in [0.5, 0.6) is 0 Å². The van der Waals surface area contributed by atoms with Crippen LogP contribution in [0.4, 0.5) is 4.39 Å². The van der Waals surface area contributed by atoms with Crippen molar-refractivity contribution in [1.82, 2.24) is 4.98 Å². The summed E-state index contributed by atoms with van der Waals surface area (Å²) < 4.78 is 14.0. The van der Waals surface area contributed by atoms with Gasteiger partial charge in [0.2, 0.25) is 0 Å². The molecule has 0 spiro atoms. The Kier molecular flexibility index (Phi) is 2.57. The Labute approximate surface area is 99.5 Å². The normalized spacial score (nSPS) is 12.1. The van der Waals surface area contributed by atoms with Gasteiger partial charge in [0.05, 0.1) is 5.52 Å². The smallest absolute Gasteiger partial charge is 0.189 e. The highest BCUT2D eigenvalue weighted by molar-refractivity contribution is 5.80. The van der Waals surface area contributed by atoms with E-state index in [4.69, 9.17) is 0 Å². The number of aryl methyl sites for hydroxylation is 1. The van der Waals surface area contributed by atoms with E-state index >= 15 is 0 Å². The van der Waals surface area contributed by atoms with Crippen LogP contribution in [0.1, 0.15) is 32.0 Å². The largest absolute Gasteiger partial charge is 0.355 e. The molecule has 0 aliphatic heterocycles. The third-order valence-corrected chi connectivity index (χ3v) is 2.94. The second-order valence-electron chi connectivity index (χ2n) is 5.42. The minimum absolute atomic E-state index is 0.137. The molecule has 0 unspecified atom stereocenters. The molecule has 90 valence electrons. The van der Waals surface area contributed by atoms with Gasteiger partial charge >= 0.3 is 0 Å². The standard InChI is InChI=1S/C14H16FNO/c1-8-5-6-9-10(17)7-11(14(2,3)4)16-13(9)12(8)15/h5-7H,1-4H3,(H,16,17). The van der Waals surface area contributed by atoms with Crippen molar-refractivity contribution >= 4 is 10.9 Å². The summed E-state index contributed by atoms with van der Waals surface area (Å²) in [5, 5.41) is 0.404. The van der Waals surface area contributed by atoms with Gasteiger partial charge in [0.25, 0.3) is 0 Å². The molecule has 0 bridgehead atoms. The lowest BCUT2D eigenvalue weighted by Crippen LogP contribution is -2.18. The molecule has 0 saturated heterocycles. The van der Waals surface area contributed by atoms with Gasteiger partial charge in [-0.15, -0.1) is 0 Å². The number of aromatic amines is 1. The Balaban J connectivity index is 2.89. The Morgan fingerprint density at radius 3 is 2.47 bits per heavy atom. The van der Waals surface area contributed by atoms with Crippen LogP contribution in [0.15, 0.2) is 23.0 Å². The quantitative estimate of drug-likeness (QED) is 0.744. The van der Waals surface area contributed by atoms with Crippen LogP contribution >= 0.6 is 0 Å². The van der Waals surface area contributed by atoms with Crippen LogP contribution in [0.3, 0.4) is 0 Å². The van der Waals surface area contributed by atoms with Crippen LogP contribution in [-0.2, 0) is 5.41 Å². The molecule has 1 aromatic carbocycles. The predicted molar refractivity (Wildman–Crippen MR) is 68.0 cm³/mol. The van der Waals surface area contributed by atoms with Crippen molar-refractivity contribution in [2.45, 2.75) is 33.1 Å². The summed E-state index contributed by atoms with van der Waals surface area (Å²) >= 11 is 0. The maximum absolute atomic E-state index is 14.0. The molecule has 0 aliphatic rings. The summed E-state index contributed by atoms with van der Waals surface area (Å²) in [4.78, 5) is 15.0. The molecule has 1 aromatic heterocycles. The van der Waals surface area contributed by atoms with E-state index < -0.39 is 0 Å². The highest BCUT2D eigenvalue weighted by atomic mass is 19.1. The number of fused-ring (bicyclic) bond motifs is 1. The summed E-state index contributed by atoms with van der Waals surface area (Å²) in [6, 6.07) is 4.85. The van der Waals surface area contributed by atoms with Gasteiger partial charge in [-0.3, -0.25) is 4.79 Å². The van der Waals surface area contributed by atoms with Crippen molar-refractivity contribution in [3.63, 3.8) is 0 Å². The van der Waals surface area contributed by atoms with Crippen molar-refractivity contribution in [3.05, 3.63) is 45.5 Å². The number of pyridine rings is 1. The van der Waals surface area contributed by atoms with Gasteiger partial charge in [0.15, 0.2) is 5.43 Å². The number of H-pyrrole nitrogens is 1. The number of aromatic nitrogens is 1. The highest BCUT2D eigenvalue weighted by Crippen LogP contribution is 2.23. The molecular weight excluding hydrogens is 217 g/mol. The van der Waals surface area contributed by atoms with E-state index in [-0.39, 0.29) is 16.7 Å². The Morgan fingerprint density at radius 2 is 1.88 bits per heavy atom. The van der Waals surface area contributed by atoms with Crippen LogP contribution in [0, 0.1) is 12.7 Å². The number of benzene rings is 1. The fourth-order valence-corrected chi connectivity index (χ4v) is 1.79. The van der Waals surface area contributed by atoms with Gasteiger partial charge in [0.1, 0.15) is 5.82 Å². The minimum Gasteiger partial charge on any atom is -0.355 e. The minimum atomic E-state index is -0.342. The van der Waals surface area contributed by atoms with Gasteiger partial charge in [-0.25, -0.2) is 4.39 Å². The Morgan fingerprint density at radius 1 is 1.24 bits per heavy atom. The fraction of sp³-hybridized carbons (Fsp3) is 0.357. The zero-order valence-electron chi connectivity index (χ0n) is 10.5. The molecule has 2 aromatic rings. The first-order valence-corrected chi connectivity index (χ1v) is 5.63. The maximum Gasteiger partial charge on any atom is 0.189 e. The number of halogens is 1. The molecule has 0 atom stereocenters. The Hall–Kier alpha value is -1.64. The second kappa shape index (κ2) is 3.69. The summed E-state index contributed by atoms with van der Waals surface area (Å²) in [6.07, 6.45) is 0. The van der Waals surface area contributed by atoms with Crippen molar-refractivity contribution in [2.24, 2.45) is 0 Å². The van der Waals surface area contributed by atoms with Crippen molar-refractivity contribution in [3.8, 4) is 0 Å². The molecule has 1 N–H and O–H groups in total. The lowest BCUT2D eigenvalue weighted by Gasteiger charge is -2.19. The zero-order valence-corrected chi connectivity index (χ0v) is 10.5. The summed E-state index contributed by atoms with van der Waals surface area (Å²) in [5.41, 5.74) is 1.26. The zero-order chi connectivity index (χ0) is 12.8. The first-order valence-electron chi connectivity index (χ1n) is 5.63. The SMILES string of the molecule is Cc1ccc2c(=O)cc(C(C)(C)C)[nH]c2c1F. The van der Waals surface area contributed by atoms with Gasteiger partial charge in [-0.1, -0.05) is 26.8 Å². The van der Waals surface area contributed by atoms with Crippen LogP contribution < -0.4 is 5.43 Å². The lowest BCUT2D eigenvalue weighted by molar-refractivity contribution is 0.567. The third-order valence-electron chi connectivity index (χ3n) is 2.94. The number of hydrogen-bond donors (Lipinski definition) is 1. The van der Waals surface area contributed by atoms with Crippen LogP contribution in [0.2, 0.25) is 0 Å². The Bertz CT molecular complexity index is 635. The number of hydrogen-bond acceptors (Lipinski definition) is 1. The molecule has 2 nitrogen and oxygen atoms in total. The topological polar surface area (TPSA) is 32.9 Å². The third kappa shape index (κ3) is 1.97.